The zero-order valence-electron chi connectivity index (χ0n) is 12.8. The molecule has 3 aromatic rings. The Morgan fingerprint density at radius 3 is 2.54 bits per heavy atom. The average molecular weight is 383 g/mol. The van der Waals surface area contributed by atoms with E-state index in [1.165, 1.54) is 12.1 Å². The number of nitrogens with zero attached hydrogens (tertiary/aromatic N) is 1. The summed E-state index contributed by atoms with van der Waals surface area (Å²) < 4.78 is 29.8. The van der Waals surface area contributed by atoms with Gasteiger partial charge >= 0.3 is 4.87 Å². The SMILES string of the molecule is CCn1c(=O)sc2cc(S(=O)(=O)NCc3ccc(Cl)cc3)ccc21. The first-order valence-electron chi connectivity index (χ1n) is 7.28. The highest BCUT2D eigenvalue weighted by Crippen LogP contribution is 2.22. The average Bonchev–Trinajstić information content (AvgIpc) is 2.88. The molecule has 1 N–H and O–H groups in total. The first-order valence-corrected chi connectivity index (χ1v) is 9.96. The smallest absolute Gasteiger partial charge is 0.299 e. The third-order valence-corrected chi connectivity index (χ3v) is 6.24. The summed E-state index contributed by atoms with van der Waals surface area (Å²) in [6.45, 7) is 2.61. The van der Waals surface area contributed by atoms with Gasteiger partial charge in [0.1, 0.15) is 0 Å². The van der Waals surface area contributed by atoms with E-state index in [1.807, 2.05) is 6.92 Å². The molecule has 24 heavy (non-hydrogen) atoms. The highest BCUT2D eigenvalue weighted by Gasteiger charge is 2.16. The molecule has 0 aliphatic rings. The fourth-order valence-corrected chi connectivity index (χ4v) is 4.62. The summed E-state index contributed by atoms with van der Waals surface area (Å²) in [5, 5.41) is 0.599. The molecule has 0 unspecified atom stereocenters. The van der Waals surface area contributed by atoms with Crippen molar-refractivity contribution in [3.8, 4) is 0 Å². The van der Waals surface area contributed by atoms with E-state index in [2.05, 4.69) is 4.72 Å². The molecule has 0 saturated heterocycles. The maximum Gasteiger partial charge on any atom is 0.308 e. The van der Waals surface area contributed by atoms with Crippen molar-refractivity contribution in [3.05, 3.63) is 62.7 Å². The van der Waals surface area contributed by atoms with Gasteiger partial charge in [-0.2, -0.15) is 0 Å². The van der Waals surface area contributed by atoms with Crippen LogP contribution in [-0.4, -0.2) is 13.0 Å². The van der Waals surface area contributed by atoms with Gasteiger partial charge < -0.3 is 0 Å². The van der Waals surface area contributed by atoms with E-state index >= 15 is 0 Å². The number of fused-ring (bicyclic) bond motifs is 1. The molecule has 0 aliphatic carbocycles. The first kappa shape index (κ1) is 17.2. The number of hydrogen-bond donors (Lipinski definition) is 1. The van der Waals surface area contributed by atoms with Crippen LogP contribution in [-0.2, 0) is 23.1 Å². The van der Waals surface area contributed by atoms with Gasteiger partial charge in [0.05, 0.1) is 15.1 Å². The van der Waals surface area contributed by atoms with Gasteiger partial charge in [0.25, 0.3) is 0 Å². The molecule has 0 fully saturated rings. The number of aryl methyl sites for hydroxylation is 1. The van der Waals surface area contributed by atoms with E-state index in [4.69, 9.17) is 11.6 Å². The highest BCUT2D eigenvalue weighted by atomic mass is 35.5. The van der Waals surface area contributed by atoms with Gasteiger partial charge in [-0.15, -0.1) is 0 Å². The van der Waals surface area contributed by atoms with Crippen LogP contribution in [0.1, 0.15) is 12.5 Å². The van der Waals surface area contributed by atoms with Gasteiger partial charge in [0.2, 0.25) is 10.0 Å². The third-order valence-electron chi connectivity index (χ3n) is 3.65. The third kappa shape index (κ3) is 3.39. The minimum absolute atomic E-state index is 0.0869. The lowest BCUT2D eigenvalue weighted by Gasteiger charge is -2.07. The van der Waals surface area contributed by atoms with Crippen molar-refractivity contribution in [2.45, 2.75) is 24.9 Å². The number of benzene rings is 2. The number of rotatable bonds is 5. The number of nitrogens with one attached hydrogen (secondary N) is 1. The Hall–Kier alpha value is -1.67. The summed E-state index contributed by atoms with van der Waals surface area (Å²) in [7, 11) is -3.66. The van der Waals surface area contributed by atoms with Crippen LogP contribution in [0.4, 0.5) is 0 Å². The lowest BCUT2D eigenvalue weighted by Crippen LogP contribution is -2.23. The van der Waals surface area contributed by atoms with Crippen molar-refractivity contribution in [2.75, 3.05) is 0 Å². The normalized spacial score (nSPS) is 11.9. The molecule has 2 aromatic carbocycles. The van der Waals surface area contributed by atoms with Crippen LogP contribution in [0.5, 0.6) is 0 Å². The van der Waals surface area contributed by atoms with Crippen molar-refractivity contribution in [2.24, 2.45) is 0 Å². The molecule has 0 bridgehead atoms. The molecule has 8 heteroatoms. The Bertz CT molecular complexity index is 1040. The van der Waals surface area contributed by atoms with Crippen molar-refractivity contribution >= 4 is 43.2 Å². The van der Waals surface area contributed by atoms with Crippen molar-refractivity contribution in [1.29, 1.82) is 0 Å². The van der Waals surface area contributed by atoms with Gasteiger partial charge in [0.15, 0.2) is 0 Å². The first-order chi connectivity index (χ1) is 11.4. The largest absolute Gasteiger partial charge is 0.308 e. The molecular weight excluding hydrogens is 368 g/mol. The van der Waals surface area contributed by atoms with Crippen LogP contribution in [0.3, 0.4) is 0 Å². The van der Waals surface area contributed by atoms with Crippen molar-refractivity contribution in [1.82, 2.24) is 9.29 Å². The summed E-state index contributed by atoms with van der Waals surface area (Å²) in [5.41, 5.74) is 1.56. The Morgan fingerprint density at radius 2 is 1.88 bits per heavy atom. The van der Waals surface area contributed by atoms with Gasteiger partial charge in [0, 0.05) is 18.1 Å². The summed E-state index contributed by atoms with van der Waals surface area (Å²) in [4.78, 5) is 11.9. The zero-order valence-corrected chi connectivity index (χ0v) is 15.2. The summed E-state index contributed by atoms with van der Waals surface area (Å²) in [5.74, 6) is 0. The molecule has 1 aromatic heterocycles. The van der Waals surface area contributed by atoms with Gasteiger partial charge in [-0.25, -0.2) is 13.1 Å². The zero-order chi connectivity index (χ0) is 17.3. The van der Waals surface area contributed by atoms with E-state index in [0.29, 0.717) is 16.3 Å². The predicted molar refractivity (Wildman–Crippen MR) is 97.2 cm³/mol. The maximum atomic E-state index is 12.5. The molecule has 1 heterocycles. The number of sulfonamides is 1. The lowest BCUT2D eigenvalue weighted by molar-refractivity contribution is 0.581. The Morgan fingerprint density at radius 1 is 1.17 bits per heavy atom. The molecule has 3 rings (SSSR count). The fourth-order valence-electron chi connectivity index (χ4n) is 2.38. The van der Waals surface area contributed by atoms with Gasteiger partial charge in [-0.3, -0.25) is 9.36 Å². The molecule has 0 saturated carbocycles. The minimum Gasteiger partial charge on any atom is -0.299 e. The molecule has 0 radical (unpaired) electrons. The molecule has 0 aliphatic heterocycles. The molecular formula is C16H15ClN2O3S2. The van der Waals surface area contributed by atoms with E-state index in [1.54, 1.807) is 34.9 Å². The Labute approximate surface area is 148 Å². The number of halogens is 1. The van der Waals surface area contributed by atoms with Gasteiger partial charge in [-0.05, 0) is 42.8 Å². The fraction of sp³-hybridized carbons (Fsp3) is 0.188. The van der Waals surface area contributed by atoms with Crippen LogP contribution >= 0.6 is 22.9 Å². The van der Waals surface area contributed by atoms with Gasteiger partial charge in [-0.1, -0.05) is 35.1 Å². The number of hydrogen-bond acceptors (Lipinski definition) is 4. The standard InChI is InChI=1S/C16H15ClN2O3S2/c1-2-19-14-8-7-13(9-15(14)23-16(19)20)24(21,22)18-10-11-3-5-12(17)6-4-11/h3-9,18H,2,10H2,1H3. The molecule has 0 atom stereocenters. The van der Waals surface area contributed by atoms with E-state index in [0.717, 1.165) is 22.4 Å². The number of thiazole rings is 1. The van der Waals surface area contributed by atoms with Crippen LogP contribution < -0.4 is 9.60 Å². The topological polar surface area (TPSA) is 68.2 Å². The van der Waals surface area contributed by atoms with Crippen LogP contribution in [0, 0.1) is 0 Å². The molecule has 0 amide bonds. The second-order valence-electron chi connectivity index (χ2n) is 5.19. The molecule has 126 valence electrons. The van der Waals surface area contributed by atoms with E-state index < -0.39 is 10.0 Å². The Balaban J connectivity index is 1.87. The summed E-state index contributed by atoms with van der Waals surface area (Å²) >= 11 is 6.86. The van der Waals surface area contributed by atoms with Crippen LogP contribution in [0.2, 0.25) is 5.02 Å². The maximum absolute atomic E-state index is 12.5. The minimum atomic E-state index is -3.66. The van der Waals surface area contributed by atoms with Crippen LogP contribution in [0.15, 0.2) is 52.2 Å². The highest BCUT2D eigenvalue weighted by molar-refractivity contribution is 7.89. The summed E-state index contributed by atoms with van der Waals surface area (Å²) in [6, 6.07) is 11.7. The van der Waals surface area contributed by atoms with E-state index in [9.17, 15) is 13.2 Å². The Kier molecular flexibility index (Phi) is 4.78. The van der Waals surface area contributed by atoms with Crippen molar-refractivity contribution < 1.29 is 8.42 Å². The van der Waals surface area contributed by atoms with E-state index in [-0.39, 0.29) is 16.3 Å². The van der Waals surface area contributed by atoms with Crippen molar-refractivity contribution in [3.63, 3.8) is 0 Å². The number of aromatic nitrogens is 1. The second-order valence-corrected chi connectivity index (χ2v) is 8.39. The molecule has 5 nitrogen and oxygen atoms in total. The lowest BCUT2D eigenvalue weighted by atomic mass is 10.2. The quantitative estimate of drug-likeness (QED) is 0.736. The molecule has 0 spiro atoms. The predicted octanol–water partition coefficient (Wildman–Crippen LogP) is 3.21. The van der Waals surface area contributed by atoms with Crippen LogP contribution in [0.25, 0.3) is 10.2 Å². The monoisotopic (exact) mass is 382 g/mol. The summed E-state index contributed by atoms with van der Waals surface area (Å²) in [6.07, 6.45) is 0. The second kappa shape index (κ2) is 6.68.